The molecule has 2 atom stereocenters. The lowest BCUT2D eigenvalue weighted by Crippen LogP contribution is -2.54. The first kappa shape index (κ1) is 23.4. The average Bonchev–Trinajstić information content (AvgIpc) is 3.38. The fraction of sp³-hybridized carbons (Fsp3) is 0.464. The van der Waals surface area contributed by atoms with Gasteiger partial charge in [0.15, 0.2) is 0 Å². The van der Waals surface area contributed by atoms with Gasteiger partial charge in [-0.3, -0.25) is 9.59 Å². The molecule has 7 heteroatoms. The summed E-state index contributed by atoms with van der Waals surface area (Å²) >= 11 is 0. The van der Waals surface area contributed by atoms with Crippen molar-refractivity contribution in [3.63, 3.8) is 0 Å². The van der Waals surface area contributed by atoms with Crippen LogP contribution in [0.4, 0.5) is 4.79 Å². The summed E-state index contributed by atoms with van der Waals surface area (Å²) in [5, 5.41) is 15.0. The molecule has 0 spiro atoms. The van der Waals surface area contributed by atoms with E-state index in [0.29, 0.717) is 6.42 Å². The third-order valence-corrected chi connectivity index (χ3v) is 8.05. The van der Waals surface area contributed by atoms with Crippen LogP contribution < -0.4 is 10.6 Å². The van der Waals surface area contributed by atoms with Gasteiger partial charge in [0, 0.05) is 24.9 Å². The van der Waals surface area contributed by atoms with Crippen molar-refractivity contribution in [1.29, 1.82) is 0 Å². The van der Waals surface area contributed by atoms with Crippen molar-refractivity contribution < 1.29 is 24.2 Å². The molecular formula is C28H32N2O5. The molecule has 2 saturated carbocycles. The van der Waals surface area contributed by atoms with Crippen LogP contribution in [0.25, 0.3) is 11.1 Å². The number of ether oxygens (including phenoxy) is 1. The Bertz CT molecular complexity index is 1080. The summed E-state index contributed by atoms with van der Waals surface area (Å²) in [6, 6.07) is 16.4. The van der Waals surface area contributed by atoms with Gasteiger partial charge < -0.3 is 20.5 Å². The predicted molar refractivity (Wildman–Crippen MR) is 131 cm³/mol. The normalized spacial score (nSPS) is 21.9. The van der Waals surface area contributed by atoms with E-state index in [0.717, 1.165) is 43.2 Å². The second-order valence-corrected chi connectivity index (χ2v) is 10.3. The molecule has 3 N–H and O–H groups in total. The summed E-state index contributed by atoms with van der Waals surface area (Å²) < 4.78 is 5.63. The molecule has 0 radical (unpaired) electrons. The Kier molecular flexibility index (Phi) is 6.50. The van der Waals surface area contributed by atoms with Crippen molar-refractivity contribution in [2.75, 3.05) is 13.2 Å². The number of fused-ring (bicyclic) bond motifs is 3. The van der Waals surface area contributed by atoms with Crippen molar-refractivity contribution in [2.45, 2.75) is 56.9 Å². The molecule has 2 aromatic carbocycles. The smallest absolute Gasteiger partial charge is 0.407 e. The third-order valence-electron chi connectivity index (χ3n) is 8.05. The fourth-order valence-electron chi connectivity index (χ4n) is 5.96. The van der Waals surface area contributed by atoms with Crippen molar-refractivity contribution in [2.24, 2.45) is 11.3 Å². The second kappa shape index (κ2) is 9.72. The van der Waals surface area contributed by atoms with E-state index in [2.05, 4.69) is 34.9 Å². The molecule has 3 aliphatic carbocycles. The SMILES string of the molecule is O=C(O)C[C@H]1CC[C@@H](NC(=O)C2(CNC(=O)OCC3c4ccccc4-c4ccccc43)CCC2)C1. The fourth-order valence-corrected chi connectivity index (χ4v) is 5.96. The highest BCUT2D eigenvalue weighted by molar-refractivity contribution is 5.85. The number of carbonyl (C=O) groups excluding carboxylic acids is 2. The molecule has 0 unspecified atom stereocenters. The Morgan fingerprint density at radius 2 is 1.63 bits per heavy atom. The van der Waals surface area contributed by atoms with Crippen molar-refractivity contribution in [3.05, 3.63) is 59.7 Å². The first-order valence-corrected chi connectivity index (χ1v) is 12.6. The molecular weight excluding hydrogens is 444 g/mol. The largest absolute Gasteiger partial charge is 0.481 e. The van der Waals surface area contributed by atoms with Gasteiger partial charge in [-0.2, -0.15) is 0 Å². The Balaban J connectivity index is 1.14. The summed E-state index contributed by atoms with van der Waals surface area (Å²) in [6.45, 7) is 0.493. The molecule has 0 heterocycles. The zero-order chi connectivity index (χ0) is 24.4. The molecule has 2 fully saturated rings. The molecule has 5 rings (SSSR count). The predicted octanol–water partition coefficient (Wildman–Crippen LogP) is 4.46. The van der Waals surface area contributed by atoms with Crippen LogP contribution in [0.5, 0.6) is 0 Å². The highest BCUT2D eigenvalue weighted by atomic mass is 16.5. The van der Waals surface area contributed by atoms with E-state index in [1.54, 1.807) is 0 Å². The minimum atomic E-state index is -0.787. The minimum absolute atomic E-state index is 0.00442. The monoisotopic (exact) mass is 476 g/mol. The minimum Gasteiger partial charge on any atom is -0.481 e. The molecule has 35 heavy (non-hydrogen) atoms. The lowest BCUT2D eigenvalue weighted by atomic mass is 9.68. The number of nitrogens with one attached hydrogen (secondary N) is 2. The zero-order valence-corrected chi connectivity index (χ0v) is 19.8. The lowest BCUT2D eigenvalue weighted by Gasteiger charge is -2.40. The first-order valence-electron chi connectivity index (χ1n) is 12.6. The lowest BCUT2D eigenvalue weighted by molar-refractivity contribution is -0.138. The van der Waals surface area contributed by atoms with Crippen molar-refractivity contribution >= 4 is 18.0 Å². The van der Waals surface area contributed by atoms with Gasteiger partial charge >= 0.3 is 12.1 Å². The Morgan fingerprint density at radius 1 is 0.971 bits per heavy atom. The molecule has 0 bridgehead atoms. The van der Waals surface area contributed by atoms with E-state index in [1.165, 1.54) is 11.1 Å². The Morgan fingerprint density at radius 3 is 2.23 bits per heavy atom. The maximum Gasteiger partial charge on any atom is 0.407 e. The topological polar surface area (TPSA) is 105 Å². The van der Waals surface area contributed by atoms with Gasteiger partial charge in [-0.25, -0.2) is 4.79 Å². The Hall–Kier alpha value is -3.35. The van der Waals surface area contributed by atoms with Gasteiger partial charge in [0.05, 0.1) is 5.41 Å². The highest BCUT2D eigenvalue weighted by Crippen LogP contribution is 2.45. The van der Waals surface area contributed by atoms with E-state index in [-0.39, 0.29) is 43.4 Å². The number of hydrogen-bond acceptors (Lipinski definition) is 4. The molecule has 3 aliphatic rings. The number of alkyl carbamates (subject to hydrolysis) is 1. The third kappa shape index (κ3) is 4.77. The Labute approximate surface area is 205 Å². The summed E-state index contributed by atoms with van der Waals surface area (Å²) in [6.07, 6.45) is 4.39. The van der Waals surface area contributed by atoms with Crippen molar-refractivity contribution in [1.82, 2.24) is 10.6 Å². The summed E-state index contributed by atoms with van der Waals surface area (Å²) in [5.74, 6) is -0.710. The van der Waals surface area contributed by atoms with Crippen molar-refractivity contribution in [3.8, 4) is 11.1 Å². The molecule has 7 nitrogen and oxygen atoms in total. The maximum atomic E-state index is 13.1. The van der Waals surface area contributed by atoms with Crippen LogP contribution in [-0.2, 0) is 14.3 Å². The van der Waals surface area contributed by atoms with Crippen LogP contribution in [-0.4, -0.2) is 42.3 Å². The van der Waals surface area contributed by atoms with E-state index in [1.807, 2.05) is 24.3 Å². The average molecular weight is 477 g/mol. The highest BCUT2D eigenvalue weighted by Gasteiger charge is 2.45. The van der Waals surface area contributed by atoms with E-state index in [4.69, 9.17) is 9.84 Å². The van der Waals surface area contributed by atoms with Gasteiger partial charge in [-0.1, -0.05) is 55.0 Å². The van der Waals surface area contributed by atoms with Gasteiger partial charge in [0.2, 0.25) is 5.91 Å². The number of carboxylic acids is 1. The van der Waals surface area contributed by atoms with Gasteiger partial charge in [0.1, 0.15) is 6.61 Å². The maximum absolute atomic E-state index is 13.1. The number of rotatable bonds is 8. The number of amides is 2. The number of aliphatic carboxylic acids is 1. The van der Waals surface area contributed by atoms with Crippen LogP contribution in [0.2, 0.25) is 0 Å². The van der Waals surface area contributed by atoms with E-state index in [9.17, 15) is 14.4 Å². The van der Waals surface area contributed by atoms with Crippen LogP contribution in [0.15, 0.2) is 48.5 Å². The van der Waals surface area contributed by atoms with Gasteiger partial charge in [0.25, 0.3) is 0 Å². The molecule has 2 aromatic rings. The van der Waals surface area contributed by atoms with Crippen LogP contribution >= 0.6 is 0 Å². The zero-order valence-electron chi connectivity index (χ0n) is 19.8. The number of hydrogen-bond donors (Lipinski definition) is 3. The molecule has 184 valence electrons. The molecule has 0 aliphatic heterocycles. The van der Waals surface area contributed by atoms with Crippen LogP contribution in [0.3, 0.4) is 0 Å². The van der Waals surface area contributed by atoms with Gasteiger partial charge in [-0.15, -0.1) is 0 Å². The van der Waals surface area contributed by atoms with E-state index < -0.39 is 17.5 Å². The summed E-state index contributed by atoms with van der Waals surface area (Å²) in [4.78, 5) is 36.6. The quantitative estimate of drug-likeness (QED) is 0.522. The number of carbonyl (C=O) groups is 3. The first-order chi connectivity index (χ1) is 16.9. The molecule has 0 saturated heterocycles. The standard InChI is InChI=1S/C28H32N2O5/c31-25(32)15-18-10-11-19(14-18)30-26(33)28(12-5-13-28)17-29-27(34)35-16-24-22-8-3-1-6-20(22)21-7-2-4-9-23(21)24/h1-4,6-9,18-19,24H,5,10-17H2,(H,29,34)(H,30,33)(H,31,32)/t18-,19+/m0/s1. The van der Waals surface area contributed by atoms with E-state index >= 15 is 0 Å². The van der Waals surface area contributed by atoms with Gasteiger partial charge in [-0.05, 0) is 60.3 Å². The number of benzene rings is 2. The number of carboxylic acid groups (broad SMARTS) is 1. The molecule has 2 amide bonds. The van der Waals surface area contributed by atoms with Crippen LogP contribution in [0, 0.1) is 11.3 Å². The van der Waals surface area contributed by atoms with Crippen LogP contribution in [0.1, 0.15) is 62.0 Å². The second-order valence-electron chi connectivity index (χ2n) is 10.3. The summed E-state index contributed by atoms with van der Waals surface area (Å²) in [5.41, 5.74) is 4.08. The molecule has 0 aromatic heterocycles. The summed E-state index contributed by atoms with van der Waals surface area (Å²) in [7, 11) is 0.